The quantitative estimate of drug-likeness (QED) is 0.336. The Balaban J connectivity index is 0. The molecule has 0 atom stereocenters. The van der Waals surface area contributed by atoms with Gasteiger partial charge in [0.15, 0.2) is 0 Å². The van der Waals surface area contributed by atoms with Gasteiger partial charge < -0.3 is 0 Å². The Morgan fingerprint density at radius 1 is 0.722 bits per heavy atom. The third kappa shape index (κ3) is 18.9. The van der Waals surface area contributed by atoms with Gasteiger partial charge in [-0.1, -0.05) is 71.1 Å². The van der Waals surface area contributed by atoms with Gasteiger partial charge in [-0.25, -0.2) is 0 Å². The summed E-state index contributed by atoms with van der Waals surface area (Å²) in [5.41, 5.74) is 0. The van der Waals surface area contributed by atoms with Crippen LogP contribution in [-0.4, -0.2) is 37.6 Å². The third-order valence-electron chi connectivity index (χ3n) is 3.01. The molecule has 0 amide bonds. The molecule has 0 aromatic rings. The van der Waals surface area contributed by atoms with E-state index in [0.717, 1.165) is 12.8 Å². The summed E-state index contributed by atoms with van der Waals surface area (Å²) in [7, 11) is -3.73. The molecule has 0 unspecified atom stereocenters. The van der Waals surface area contributed by atoms with E-state index in [0.29, 0.717) is 6.42 Å². The molecule has 3 nitrogen and oxygen atoms in total. The topological polar surface area (TPSA) is 54.4 Å². The predicted octanol–water partition coefficient (Wildman–Crippen LogP) is 3.54. The van der Waals surface area contributed by atoms with Crippen molar-refractivity contribution in [3.05, 3.63) is 0 Å². The van der Waals surface area contributed by atoms with Crippen LogP contribution in [0.4, 0.5) is 0 Å². The molecule has 0 spiro atoms. The minimum atomic E-state index is -3.73. The molecule has 0 aliphatic carbocycles. The maximum absolute atomic E-state index is 10.4. The van der Waals surface area contributed by atoms with Gasteiger partial charge in [-0.05, 0) is 6.42 Å². The molecule has 0 aromatic carbocycles. The van der Waals surface area contributed by atoms with Crippen molar-refractivity contribution in [3.8, 4) is 0 Å². The first-order valence-electron chi connectivity index (χ1n) is 7.01. The predicted molar refractivity (Wildman–Crippen MR) is 80.0 cm³/mol. The second kappa shape index (κ2) is 13.9. The van der Waals surface area contributed by atoms with Crippen LogP contribution in [0.25, 0.3) is 0 Å². The molecular formula is C13H29LiO3S. The standard InChI is InChI=1S/C13H28O3S.Li.H/c1-2-3-4-5-6-7-8-9-10-11-12-13-17(14,15)16;;/h2-13H2,1H3,(H,14,15,16);;. The van der Waals surface area contributed by atoms with Crippen molar-refractivity contribution in [2.45, 2.75) is 77.6 Å². The third-order valence-corrected chi connectivity index (χ3v) is 3.81. The normalized spacial score (nSPS) is 11.2. The van der Waals surface area contributed by atoms with E-state index in [1.165, 1.54) is 51.4 Å². The van der Waals surface area contributed by atoms with Crippen molar-refractivity contribution < 1.29 is 13.0 Å². The van der Waals surface area contributed by atoms with Gasteiger partial charge in [0.2, 0.25) is 0 Å². The molecule has 18 heavy (non-hydrogen) atoms. The van der Waals surface area contributed by atoms with Crippen molar-refractivity contribution in [1.82, 2.24) is 0 Å². The molecule has 0 saturated heterocycles. The fourth-order valence-electron chi connectivity index (χ4n) is 1.95. The van der Waals surface area contributed by atoms with Crippen molar-refractivity contribution >= 4 is 29.0 Å². The van der Waals surface area contributed by atoms with Gasteiger partial charge >= 0.3 is 18.9 Å². The molecule has 0 heterocycles. The number of rotatable bonds is 12. The molecule has 106 valence electrons. The van der Waals surface area contributed by atoms with E-state index in [2.05, 4.69) is 6.92 Å². The van der Waals surface area contributed by atoms with Crippen LogP contribution in [0.5, 0.6) is 0 Å². The Morgan fingerprint density at radius 3 is 1.39 bits per heavy atom. The van der Waals surface area contributed by atoms with E-state index < -0.39 is 10.1 Å². The molecule has 0 aromatic heterocycles. The van der Waals surface area contributed by atoms with Crippen LogP contribution in [0, 0.1) is 0 Å². The maximum atomic E-state index is 10.4. The summed E-state index contributed by atoms with van der Waals surface area (Å²) in [6.45, 7) is 2.23. The summed E-state index contributed by atoms with van der Waals surface area (Å²) in [6, 6.07) is 0. The van der Waals surface area contributed by atoms with Crippen molar-refractivity contribution in [1.29, 1.82) is 0 Å². The fraction of sp³-hybridized carbons (Fsp3) is 1.00. The fourth-order valence-corrected chi connectivity index (χ4v) is 2.52. The average molecular weight is 272 g/mol. The second-order valence-corrected chi connectivity index (χ2v) is 6.39. The Bertz CT molecular complexity index is 253. The van der Waals surface area contributed by atoms with Crippen molar-refractivity contribution in [2.24, 2.45) is 0 Å². The van der Waals surface area contributed by atoms with Crippen molar-refractivity contribution in [2.75, 3.05) is 5.75 Å². The van der Waals surface area contributed by atoms with Gasteiger partial charge in [-0.15, -0.1) is 0 Å². The average Bonchev–Trinajstić information content (AvgIpc) is 2.24. The zero-order chi connectivity index (χ0) is 13.0. The first kappa shape index (κ1) is 20.8. The van der Waals surface area contributed by atoms with Gasteiger partial charge in [0.05, 0.1) is 5.75 Å². The molecule has 0 saturated carbocycles. The van der Waals surface area contributed by atoms with Crippen molar-refractivity contribution in [3.63, 3.8) is 0 Å². The van der Waals surface area contributed by atoms with Crippen LogP contribution >= 0.6 is 0 Å². The molecule has 0 aliphatic heterocycles. The Hall–Kier alpha value is 0.507. The van der Waals surface area contributed by atoms with Gasteiger partial charge in [-0.3, -0.25) is 4.55 Å². The van der Waals surface area contributed by atoms with E-state index in [9.17, 15) is 8.42 Å². The number of hydrogen-bond donors (Lipinski definition) is 1. The first-order chi connectivity index (χ1) is 8.06. The van der Waals surface area contributed by atoms with Gasteiger partial charge in [0.1, 0.15) is 0 Å². The minimum absolute atomic E-state index is 0. The van der Waals surface area contributed by atoms with Crippen LogP contribution < -0.4 is 0 Å². The van der Waals surface area contributed by atoms with Crippen LogP contribution in [-0.2, 0) is 10.1 Å². The number of unbranched alkanes of at least 4 members (excludes halogenated alkanes) is 10. The number of hydrogen-bond acceptors (Lipinski definition) is 2. The summed E-state index contributed by atoms with van der Waals surface area (Å²) in [5.74, 6) is -0.0793. The van der Waals surface area contributed by atoms with Crippen LogP contribution in [0.3, 0.4) is 0 Å². The zero-order valence-electron chi connectivity index (χ0n) is 11.2. The molecular weight excluding hydrogens is 243 g/mol. The molecule has 0 bridgehead atoms. The molecule has 1 N–H and O–H groups in total. The van der Waals surface area contributed by atoms with E-state index in [-0.39, 0.29) is 24.6 Å². The molecule has 5 heteroatoms. The van der Waals surface area contributed by atoms with Gasteiger partial charge in [0, 0.05) is 0 Å². The first-order valence-corrected chi connectivity index (χ1v) is 8.62. The zero-order valence-corrected chi connectivity index (χ0v) is 12.0. The van der Waals surface area contributed by atoms with E-state index in [1.807, 2.05) is 0 Å². The Labute approximate surface area is 125 Å². The Kier molecular flexibility index (Phi) is 16.1. The summed E-state index contributed by atoms with van der Waals surface area (Å²) in [5, 5.41) is 0. The monoisotopic (exact) mass is 272 g/mol. The van der Waals surface area contributed by atoms with Crippen LogP contribution in [0.1, 0.15) is 77.6 Å². The molecule has 0 aliphatic rings. The van der Waals surface area contributed by atoms with E-state index in [4.69, 9.17) is 4.55 Å². The summed E-state index contributed by atoms with van der Waals surface area (Å²) >= 11 is 0. The summed E-state index contributed by atoms with van der Waals surface area (Å²) in [4.78, 5) is 0. The van der Waals surface area contributed by atoms with E-state index >= 15 is 0 Å². The summed E-state index contributed by atoms with van der Waals surface area (Å²) in [6.07, 6.45) is 13.1. The van der Waals surface area contributed by atoms with Crippen LogP contribution in [0.15, 0.2) is 0 Å². The van der Waals surface area contributed by atoms with Crippen LogP contribution in [0.2, 0.25) is 0 Å². The SMILES string of the molecule is CCCCCCCCCCCCCS(=O)(=O)O.[LiH]. The molecule has 0 fully saturated rings. The summed E-state index contributed by atoms with van der Waals surface area (Å²) < 4.78 is 29.4. The molecule has 0 rings (SSSR count). The van der Waals surface area contributed by atoms with Gasteiger partial charge in [0.25, 0.3) is 10.1 Å². The van der Waals surface area contributed by atoms with E-state index in [1.54, 1.807) is 0 Å². The second-order valence-electron chi connectivity index (χ2n) is 4.82. The molecule has 0 radical (unpaired) electrons. The van der Waals surface area contributed by atoms with Gasteiger partial charge in [-0.2, -0.15) is 8.42 Å². The Morgan fingerprint density at radius 2 is 1.06 bits per heavy atom.